The Morgan fingerprint density at radius 3 is 2.71 bits per heavy atom. The molecule has 0 aliphatic rings. The minimum Gasteiger partial charge on any atom is -0.497 e. The van der Waals surface area contributed by atoms with E-state index in [-0.39, 0.29) is 11.3 Å². The summed E-state index contributed by atoms with van der Waals surface area (Å²) in [4.78, 5) is 28.0. The second kappa shape index (κ2) is 8.05. The Kier molecular flexibility index (Phi) is 5.55. The first-order valence-electron chi connectivity index (χ1n) is 8.18. The molecule has 1 amide bonds. The number of carbonyl (C=O) groups is 1. The minimum atomic E-state index is -0.488. The Morgan fingerprint density at radius 2 is 2.07 bits per heavy atom. The molecule has 0 unspecified atom stereocenters. The van der Waals surface area contributed by atoms with Gasteiger partial charge in [0.1, 0.15) is 11.5 Å². The van der Waals surface area contributed by atoms with Crippen molar-refractivity contribution in [3.05, 3.63) is 69.5 Å². The van der Waals surface area contributed by atoms with Gasteiger partial charge in [-0.1, -0.05) is 17.4 Å². The summed E-state index contributed by atoms with van der Waals surface area (Å²) in [6, 6.07) is 9.38. The first kappa shape index (κ1) is 19.3. The molecule has 3 rings (SSSR count). The van der Waals surface area contributed by atoms with Gasteiger partial charge < -0.3 is 14.0 Å². The molecule has 0 radical (unpaired) electrons. The molecule has 9 heteroatoms. The van der Waals surface area contributed by atoms with E-state index in [4.69, 9.17) is 9.47 Å². The van der Waals surface area contributed by atoms with Gasteiger partial charge in [-0.25, -0.2) is 0 Å². The number of amides is 1. The molecule has 3 aromatic rings. The molecule has 0 aliphatic carbocycles. The largest absolute Gasteiger partial charge is 0.497 e. The third-order valence-electron chi connectivity index (χ3n) is 4.03. The van der Waals surface area contributed by atoms with Crippen molar-refractivity contribution in [2.24, 2.45) is 4.99 Å². The molecular formula is C19H17N3O5S. The van der Waals surface area contributed by atoms with Gasteiger partial charge >= 0.3 is 0 Å². The van der Waals surface area contributed by atoms with Crippen LogP contribution in [0.1, 0.15) is 10.4 Å². The van der Waals surface area contributed by atoms with Crippen LogP contribution < -0.4 is 14.3 Å². The van der Waals surface area contributed by atoms with E-state index in [0.29, 0.717) is 27.5 Å². The summed E-state index contributed by atoms with van der Waals surface area (Å²) >= 11 is 1.20. The van der Waals surface area contributed by atoms with E-state index < -0.39 is 10.8 Å². The maximum Gasteiger partial charge on any atom is 0.283 e. The van der Waals surface area contributed by atoms with E-state index in [9.17, 15) is 14.9 Å². The van der Waals surface area contributed by atoms with Crippen LogP contribution in [0, 0.1) is 10.1 Å². The average molecular weight is 399 g/mol. The van der Waals surface area contributed by atoms with Gasteiger partial charge in [-0.05, 0) is 18.2 Å². The molecule has 28 heavy (non-hydrogen) atoms. The van der Waals surface area contributed by atoms with Crippen LogP contribution in [0.25, 0.3) is 10.2 Å². The SMILES string of the molecule is C=CCn1c(=NC(=O)c2ccc(OC)cc2OC)sc2cc([N+](=O)[O-])ccc21. The molecule has 0 aliphatic heterocycles. The third-order valence-corrected chi connectivity index (χ3v) is 5.07. The second-order valence-corrected chi connectivity index (χ2v) is 6.69. The van der Waals surface area contributed by atoms with Crippen molar-refractivity contribution in [1.29, 1.82) is 0 Å². The smallest absolute Gasteiger partial charge is 0.283 e. The Labute approximate surface area is 164 Å². The second-order valence-electron chi connectivity index (χ2n) is 5.68. The minimum absolute atomic E-state index is 0.0193. The number of nitrogens with zero attached hydrogens (tertiary/aromatic N) is 3. The molecule has 0 atom stereocenters. The molecule has 144 valence electrons. The summed E-state index contributed by atoms with van der Waals surface area (Å²) in [6.45, 7) is 4.13. The standard InChI is InChI=1S/C19H17N3O5S/c1-4-9-21-15-8-5-12(22(24)25)10-17(15)28-19(21)20-18(23)14-7-6-13(26-2)11-16(14)27-3/h4-8,10-11H,1,9H2,2-3H3. The molecule has 0 N–H and O–H groups in total. The molecular weight excluding hydrogens is 382 g/mol. The van der Waals surface area contributed by atoms with Crippen molar-refractivity contribution in [2.45, 2.75) is 6.54 Å². The molecule has 0 fully saturated rings. The maximum absolute atomic E-state index is 12.8. The molecule has 8 nitrogen and oxygen atoms in total. The van der Waals surface area contributed by atoms with Crippen molar-refractivity contribution < 1.29 is 19.2 Å². The lowest BCUT2D eigenvalue weighted by atomic mass is 10.2. The van der Waals surface area contributed by atoms with Crippen molar-refractivity contribution in [3.63, 3.8) is 0 Å². The van der Waals surface area contributed by atoms with Gasteiger partial charge in [0, 0.05) is 24.7 Å². The quantitative estimate of drug-likeness (QED) is 0.359. The predicted molar refractivity (Wildman–Crippen MR) is 106 cm³/mol. The number of fused-ring (bicyclic) bond motifs is 1. The number of nitro benzene ring substituents is 1. The zero-order valence-corrected chi connectivity index (χ0v) is 16.1. The van der Waals surface area contributed by atoms with Crippen molar-refractivity contribution in [3.8, 4) is 11.5 Å². The van der Waals surface area contributed by atoms with Crippen LogP contribution in [0.15, 0.2) is 54.0 Å². The van der Waals surface area contributed by atoms with E-state index in [1.807, 2.05) is 0 Å². The summed E-state index contributed by atoms with van der Waals surface area (Å²) in [5.74, 6) is 0.419. The van der Waals surface area contributed by atoms with E-state index in [1.54, 1.807) is 34.9 Å². The van der Waals surface area contributed by atoms with Crippen LogP contribution in [0.5, 0.6) is 11.5 Å². The summed E-state index contributed by atoms with van der Waals surface area (Å²) < 4.78 is 12.9. The van der Waals surface area contributed by atoms with Crippen LogP contribution in [-0.2, 0) is 6.54 Å². The topological polar surface area (TPSA) is 96.0 Å². The molecule has 2 aromatic carbocycles. The summed E-state index contributed by atoms with van der Waals surface area (Å²) in [5, 5.41) is 11.0. The summed E-state index contributed by atoms with van der Waals surface area (Å²) in [7, 11) is 2.98. The van der Waals surface area contributed by atoms with Gasteiger partial charge in [0.2, 0.25) is 0 Å². The van der Waals surface area contributed by atoms with Crippen LogP contribution in [0.4, 0.5) is 5.69 Å². The van der Waals surface area contributed by atoms with E-state index in [2.05, 4.69) is 11.6 Å². The van der Waals surface area contributed by atoms with Crippen molar-refractivity contribution in [2.75, 3.05) is 14.2 Å². The number of aromatic nitrogens is 1. The average Bonchev–Trinajstić information content (AvgIpc) is 3.03. The Balaban J connectivity index is 2.15. The van der Waals surface area contributed by atoms with Crippen molar-refractivity contribution in [1.82, 2.24) is 4.57 Å². The number of carbonyl (C=O) groups excluding carboxylic acids is 1. The van der Waals surface area contributed by atoms with Gasteiger partial charge in [-0.2, -0.15) is 4.99 Å². The van der Waals surface area contributed by atoms with E-state index >= 15 is 0 Å². The van der Waals surface area contributed by atoms with Crippen LogP contribution >= 0.6 is 11.3 Å². The Hall–Kier alpha value is -3.46. The first-order valence-corrected chi connectivity index (χ1v) is 9.00. The lowest BCUT2D eigenvalue weighted by molar-refractivity contribution is -0.384. The van der Waals surface area contributed by atoms with Gasteiger partial charge in [0.15, 0.2) is 4.80 Å². The van der Waals surface area contributed by atoms with Gasteiger partial charge in [-0.3, -0.25) is 14.9 Å². The first-order chi connectivity index (χ1) is 13.5. The highest BCUT2D eigenvalue weighted by molar-refractivity contribution is 7.16. The third kappa shape index (κ3) is 3.65. The lowest BCUT2D eigenvalue weighted by Gasteiger charge is -2.07. The summed E-state index contributed by atoms with van der Waals surface area (Å²) in [5.41, 5.74) is 1.01. The molecule has 1 aromatic heterocycles. The summed E-state index contributed by atoms with van der Waals surface area (Å²) in [6.07, 6.45) is 1.67. The number of nitro groups is 1. The number of benzene rings is 2. The molecule has 0 saturated carbocycles. The molecule has 0 bridgehead atoms. The van der Waals surface area contributed by atoms with Gasteiger partial charge in [0.25, 0.3) is 11.6 Å². The number of allylic oxidation sites excluding steroid dienone is 1. The number of methoxy groups -OCH3 is 2. The number of non-ortho nitro benzene ring substituents is 1. The fourth-order valence-electron chi connectivity index (χ4n) is 2.69. The highest BCUT2D eigenvalue weighted by atomic mass is 32.1. The van der Waals surface area contributed by atoms with Crippen LogP contribution in [0.3, 0.4) is 0 Å². The number of ether oxygens (including phenoxy) is 2. The van der Waals surface area contributed by atoms with E-state index in [0.717, 1.165) is 5.52 Å². The number of hydrogen-bond acceptors (Lipinski definition) is 6. The molecule has 0 spiro atoms. The van der Waals surface area contributed by atoms with Gasteiger partial charge in [-0.15, -0.1) is 6.58 Å². The zero-order chi connectivity index (χ0) is 20.3. The molecule has 0 saturated heterocycles. The van der Waals surface area contributed by atoms with Crippen LogP contribution in [-0.4, -0.2) is 29.6 Å². The fourth-order valence-corrected chi connectivity index (χ4v) is 3.76. The van der Waals surface area contributed by atoms with Crippen LogP contribution in [0.2, 0.25) is 0 Å². The predicted octanol–water partition coefficient (Wildman–Crippen LogP) is 3.56. The maximum atomic E-state index is 12.8. The highest BCUT2D eigenvalue weighted by Gasteiger charge is 2.15. The lowest BCUT2D eigenvalue weighted by Crippen LogP contribution is -2.16. The number of rotatable bonds is 6. The Morgan fingerprint density at radius 1 is 1.29 bits per heavy atom. The Bertz CT molecular complexity index is 1150. The number of hydrogen-bond donors (Lipinski definition) is 0. The van der Waals surface area contributed by atoms with Crippen molar-refractivity contribution >= 4 is 33.1 Å². The zero-order valence-electron chi connectivity index (χ0n) is 15.2. The molecule has 1 heterocycles. The fraction of sp³-hybridized carbons (Fsp3) is 0.158. The number of thiazole rings is 1. The normalized spacial score (nSPS) is 11.4. The van der Waals surface area contributed by atoms with Gasteiger partial charge in [0.05, 0.1) is 34.9 Å². The highest BCUT2D eigenvalue weighted by Crippen LogP contribution is 2.26. The monoisotopic (exact) mass is 399 g/mol. The van der Waals surface area contributed by atoms with E-state index in [1.165, 1.54) is 37.7 Å².